The third-order valence-electron chi connectivity index (χ3n) is 4.66. The number of ketones is 1. The molecule has 1 fully saturated rings. The Morgan fingerprint density at radius 1 is 1.25 bits per heavy atom. The van der Waals surface area contributed by atoms with Crippen molar-refractivity contribution in [2.75, 3.05) is 17.2 Å². The summed E-state index contributed by atoms with van der Waals surface area (Å²) >= 11 is 1.35. The normalized spacial score (nSPS) is 14.0. The summed E-state index contributed by atoms with van der Waals surface area (Å²) in [5.74, 6) is 1.64. The van der Waals surface area contributed by atoms with E-state index in [1.165, 1.54) is 11.8 Å². The molecule has 0 radical (unpaired) electrons. The molecule has 1 aliphatic rings. The van der Waals surface area contributed by atoms with Gasteiger partial charge in [0, 0.05) is 30.8 Å². The van der Waals surface area contributed by atoms with E-state index in [0.29, 0.717) is 41.8 Å². The van der Waals surface area contributed by atoms with Crippen LogP contribution in [-0.4, -0.2) is 38.8 Å². The van der Waals surface area contributed by atoms with Crippen LogP contribution >= 0.6 is 11.8 Å². The zero-order valence-corrected chi connectivity index (χ0v) is 16.3. The van der Waals surface area contributed by atoms with Crippen LogP contribution in [-0.2, 0) is 11.3 Å². The number of hydrogen-bond acceptors (Lipinski definition) is 6. The average molecular weight is 396 g/mol. The van der Waals surface area contributed by atoms with Gasteiger partial charge in [0.25, 0.3) is 0 Å². The number of nitrogens with zero attached hydrogens (tertiary/aromatic N) is 4. The van der Waals surface area contributed by atoms with Crippen molar-refractivity contribution in [2.24, 2.45) is 0 Å². The number of hydrogen-bond donors (Lipinski definition) is 0. The van der Waals surface area contributed by atoms with E-state index < -0.39 is 0 Å². The van der Waals surface area contributed by atoms with E-state index in [2.05, 4.69) is 10.2 Å². The minimum Gasteiger partial charge on any atom is -0.461 e. The number of carbonyl (C=O) groups excluding carboxylic acids is 2. The molecule has 0 bridgehead atoms. The largest absolute Gasteiger partial charge is 0.461 e. The third-order valence-corrected chi connectivity index (χ3v) is 5.63. The molecular formula is C20H20N4O3S. The zero-order chi connectivity index (χ0) is 19.5. The highest BCUT2D eigenvalue weighted by molar-refractivity contribution is 7.99. The van der Waals surface area contributed by atoms with Crippen LogP contribution in [0.2, 0.25) is 0 Å². The molecule has 28 heavy (non-hydrogen) atoms. The van der Waals surface area contributed by atoms with Crippen molar-refractivity contribution >= 4 is 29.1 Å². The topological polar surface area (TPSA) is 81.2 Å². The van der Waals surface area contributed by atoms with E-state index in [0.717, 1.165) is 12.1 Å². The lowest BCUT2D eigenvalue weighted by Crippen LogP contribution is -2.23. The van der Waals surface area contributed by atoms with Crippen LogP contribution < -0.4 is 4.90 Å². The van der Waals surface area contributed by atoms with Crippen molar-refractivity contribution in [2.45, 2.75) is 31.5 Å². The van der Waals surface area contributed by atoms with Gasteiger partial charge in [0.1, 0.15) is 0 Å². The van der Waals surface area contributed by atoms with Gasteiger partial charge in [0.15, 0.2) is 22.5 Å². The minimum absolute atomic E-state index is 0.0105. The van der Waals surface area contributed by atoms with E-state index in [9.17, 15) is 9.59 Å². The predicted octanol–water partition coefficient (Wildman–Crippen LogP) is 3.66. The second-order valence-electron chi connectivity index (χ2n) is 6.44. The summed E-state index contributed by atoms with van der Waals surface area (Å²) in [6.45, 7) is 3.38. The molecule has 0 spiro atoms. The van der Waals surface area contributed by atoms with Crippen LogP contribution in [0, 0.1) is 0 Å². The smallest absolute Gasteiger partial charge is 0.227 e. The van der Waals surface area contributed by atoms with Gasteiger partial charge < -0.3 is 9.32 Å². The van der Waals surface area contributed by atoms with E-state index >= 15 is 0 Å². The number of rotatable bonds is 7. The minimum atomic E-state index is -0.0105. The highest BCUT2D eigenvalue weighted by atomic mass is 32.2. The lowest BCUT2D eigenvalue weighted by molar-refractivity contribution is -0.117. The number of aromatic nitrogens is 3. The molecule has 3 aromatic rings. The number of benzene rings is 1. The van der Waals surface area contributed by atoms with Crippen molar-refractivity contribution in [3.05, 3.63) is 48.2 Å². The molecule has 2 aromatic heterocycles. The Hall–Kier alpha value is -2.87. The van der Waals surface area contributed by atoms with E-state index in [4.69, 9.17) is 4.42 Å². The van der Waals surface area contributed by atoms with Crippen LogP contribution in [0.15, 0.2) is 52.2 Å². The van der Waals surface area contributed by atoms with Crippen LogP contribution in [0.25, 0.3) is 11.6 Å². The quantitative estimate of drug-likeness (QED) is 0.448. The highest BCUT2D eigenvalue weighted by Crippen LogP contribution is 2.26. The zero-order valence-electron chi connectivity index (χ0n) is 15.5. The van der Waals surface area contributed by atoms with Gasteiger partial charge >= 0.3 is 0 Å². The van der Waals surface area contributed by atoms with Crippen LogP contribution in [0.3, 0.4) is 0 Å². The Morgan fingerprint density at radius 2 is 2.14 bits per heavy atom. The highest BCUT2D eigenvalue weighted by Gasteiger charge is 2.22. The molecule has 3 heterocycles. The lowest BCUT2D eigenvalue weighted by Gasteiger charge is -2.16. The third kappa shape index (κ3) is 3.60. The molecule has 1 amide bonds. The number of amides is 1. The van der Waals surface area contributed by atoms with Crippen molar-refractivity contribution in [1.82, 2.24) is 14.8 Å². The Morgan fingerprint density at radius 3 is 2.86 bits per heavy atom. The van der Waals surface area contributed by atoms with E-state index in [1.54, 1.807) is 29.4 Å². The maximum absolute atomic E-state index is 12.7. The van der Waals surface area contributed by atoms with Crippen LogP contribution in [0.5, 0.6) is 0 Å². The summed E-state index contributed by atoms with van der Waals surface area (Å²) in [7, 11) is 0. The first-order valence-corrected chi connectivity index (χ1v) is 10.2. The van der Waals surface area contributed by atoms with Crippen molar-refractivity contribution in [3.8, 4) is 11.6 Å². The average Bonchev–Trinajstić information content (AvgIpc) is 3.46. The summed E-state index contributed by atoms with van der Waals surface area (Å²) in [6.07, 6.45) is 3.02. The summed E-state index contributed by atoms with van der Waals surface area (Å²) in [4.78, 5) is 26.4. The fourth-order valence-electron chi connectivity index (χ4n) is 3.25. The number of furan rings is 1. The molecule has 8 heteroatoms. The van der Waals surface area contributed by atoms with Crippen molar-refractivity contribution in [3.63, 3.8) is 0 Å². The standard InChI is InChI=1S/C20H20N4O3S/c1-2-23-19(17-8-5-11-27-17)21-22-20(23)28-13-16(25)14-6-3-7-15(12-14)24-10-4-9-18(24)26/h3,5-8,11-12H,2,4,9-10,13H2,1H3. The Balaban J connectivity index is 1.47. The fourth-order valence-corrected chi connectivity index (χ4v) is 4.15. The molecular weight excluding hydrogens is 376 g/mol. The SMILES string of the molecule is CCn1c(SCC(=O)c2cccc(N3CCCC3=O)c2)nnc1-c1ccco1. The number of Topliss-reactive ketones (excluding diaryl/α,β-unsaturated/α-hetero) is 1. The molecule has 0 atom stereocenters. The molecule has 4 rings (SSSR count). The van der Waals surface area contributed by atoms with Crippen LogP contribution in [0.4, 0.5) is 5.69 Å². The van der Waals surface area contributed by atoms with E-state index in [-0.39, 0.29) is 17.4 Å². The fraction of sp³-hybridized carbons (Fsp3) is 0.300. The summed E-state index contributed by atoms with van der Waals surface area (Å²) in [5, 5.41) is 9.08. The van der Waals surface area contributed by atoms with Gasteiger partial charge in [-0.05, 0) is 37.6 Å². The molecule has 144 valence electrons. The van der Waals surface area contributed by atoms with Gasteiger partial charge in [0.2, 0.25) is 5.91 Å². The second kappa shape index (κ2) is 8.02. The van der Waals surface area contributed by atoms with Gasteiger partial charge in [-0.1, -0.05) is 23.9 Å². The number of anilines is 1. The first-order valence-electron chi connectivity index (χ1n) is 9.21. The molecule has 0 saturated carbocycles. The molecule has 1 aromatic carbocycles. The maximum atomic E-state index is 12.7. The summed E-state index contributed by atoms with van der Waals surface area (Å²) < 4.78 is 7.34. The second-order valence-corrected chi connectivity index (χ2v) is 7.38. The van der Waals surface area contributed by atoms with Gasteiger partial charge in [-0.25, -0.2) is 0 Å². The monoisotopic (exact) mass is 396 g/mol. The molecule has 0 N–H and O–H groups in total. The predicted molar refractivity (Wildman–Crippen MR) is 106 cm³/mol. The molecule has 7 nitrogen and oxygen atoms in total. The Labute approximate surface area is 166 Å². The molecule has 0 unspecified atom stereocenters. The van der Waals surface area contributed by atoms with Crippen molar-refractivity contribution < 1.29 is 14.0 Å². The molecule has 1 saturated heterocycles. The number of carbonyl (C=O) groups is 2. The van der Waals surface area contributed by atoms with Crippen molar-refractivity contribution in [1.29, 1.82) is 0 Å². The maximum Gasteiger partial charge on any atom is 0.227 e. The number of thioether (sulfide) groups is 1. The summed E-state index contributed by atoms with van der Waals surface area (Å²) in [6, 6.07) is 10.9. The first-order chi connectivity index (χ1) is 13.7. The van der Waals surface area contributed by atoms with Gasteiger partial charge in [-0.2, -0.15) is 0 Å². The lowest BCUT2D eigenvalue weighted by atomic mass is 10.1. The molecule has 0 aliphatic carbocycles. The van der Waals surface area contributed by atoms with Gasteiger partial charge in [-0.3, -0.25) is 14.2 Å². The first kappa shape index (κ1) is 18.5. The Bertz CT molecular complexity index is 997. The van der Waals surface area contributed by atoms with Crippen LogP contribution in [0.1, 0.15) is 30.1 Å². The van der Waals surface area contributed by atoms with Gasteiger partial charge in [-0.15, -0.1) is 10.2 Å². The van der Waals surface area contributed by atoms with E-state index in [1.807, 2.05) is 29.7 Å². The van der Waals surface area contributed by atoms with Gasteiger partial charge in [0.05, 0.1) is 12.0 Å². The summed E-state index contributed by atoms with van der Waals surface area (Å²) in [5.41, 5.74) is 1.38. The molecule has 1 aliphatic heterocycles. The Kier molecular flexibility index (Phi) is 5.29.